The monoisotopic (exact) mass is 431 g/mol. The van der Waals surface area contributed by atoms with Gasteiger partial charge in [0.25, 0.3) is 5.91 Å². The molecule has 1 atom stereocenters. The van der Waals surface area contributed by atoms with Gasteiger partial charge in [0.05, 0.1) is 12.2 Å². The van der Waals surface area contributed by atoms with Crippen LogP contribution in [-0.2, 0) is 19.8 Å². The Morgan fingerprint density at radius 1 is 1.14 bits per heavy atom. The molecular formula is C20H24F3NO4S. The number of ether oxygens (including phenoxy) is 1. The third-order valence-corrected chi connectivity index (χ3v) is 6.72. The van der Waals surface area contributed by atoms with E-state index in [-0.39, 0.29) is 61.5 Å². The van der Waals surface area contributed by atoms with Gasteiger partial charge in [0.15, 0.2) is 11.0 Å². The minimum absolute atomic E-state index is 0.0206. The van der Waals surface area contributed by atoms with Crippen molar-refractivity contribution in [2.45, 2.75) is 69.5 Å². The van der Waals surface area contributed by atoms with Gasteiger partial charge < -0.3 is 10.1 Å². The predicted molar refractivity (Wildman–Crippen MR) is 101 cm³/mol. The van der Waals surface area contributed by atoms with Crippen LogP contribution in [-0.4, -0.2) is 43.9 Å². The van der Waals surface area contributed by atoms with Gasteiger partial charge >= 0.3 is 0 Å². The molecule has 1 amide bonds. The molecule has 1 unspecified atom stereocenters. The average Bonchev–Trinajstić information content (AvgIpc) is 3.54. The highest BCUT2D eigenvalue weighted by molar-refractivity contribution is 7.73. The molecule has 0 radical (unpaired) electrons. The maximum absolute atomic E-state index is 15.1. The van der Waals surface area contributed by atoms with Gasteiger partial charge in [0.2, 0.25) is 16.2 Å². The van der Waals surface area contributed by atoms with Gasteiger partial charge in [-0.15, -0.1) is 0 Å². The molecule has 4 aliphatic carbocycles. The van der Waals surface area contributed by atoms with Gasteiger partial charge in [-0.05, 0) is 62.0 Å². The van der Waals surface area contributed by atoms with E-state index in [1.54, 1.807) is 0 Å². The number of nitrogens with one attached hydrogen (secondary N) is 1. The molecule has 0 saturated heterocycles. The first-order valence-corrected chi connectivity index (χ1v) is 11.2. The Morgan fingerprint density at radius 2 is 1.79 bits per heavy atom. The van der Waals surface area contributed by atoms with Crippen molar-refractivity contribution in [2.75, 3.05) is 6.61 Å². The van der Waals surface area contributed by atoms with Crippen LogP contribution in [0.2, 0.25) is 0 Å². The molecule has 3 saturated carbocycles. The van der Waals surface area contributed by atoms with Crippen molar-refractivity contribution in [3.8, 4) is 0 Å². The zero-order valence-corrected chi connectivity index (χ0v) is 16.7. The van der Waals surface area contributed by atoms with Crippen molar-refractivity contribution in [3.05, 3.63) is 23.0 Å². The summed E-state index contributed by atoms with van der Waals surface area (Å²) in [6.45, 7) is 0.0620. The van der Waals surface area contributed by atoms with Crippen LogP contribution in [0.3, 0.4) is 0 Å². The summed E-state index contributed by atoms with van der Waals surface area (Å²) in [6, 6.07) is 0.0206. The molecule has 4 aliphatic rings. The van der Waals surface area contributed by atoms with Gasteiger partial charge in [0, 0.05) is 18.9 Å². The highest BCUT2D eigenvalue weighted by atomic mass is 32.2. The summed E-state index contributed by atoms with van der Waals surface area (Å²) in [5, 5.41) is 2.70. The first-order valence-electron chi connectivity index (χ1n) is 10.1. The molecule has 29 heavy (non-hydrogen) atoms. The number of allylic oxidation sites excluding steroid dienone is 3. The summed E-state index contributed by atoms with van der Waals surface area (Å²) >= 11 is 0. The van der Waals surface area contributed by atoms with Gasteiger partial charge in [-0.3, -0.25) is 4.79 Å². The third kappa shape index (κ3) is 4.70. The number of alkyl halides is 3. The second-order valence-electron chi connectivity index (χ2n) is 8.48. The maximum Gasteiger partial charge on any atom is 0.250 e. The van der Waals surface area contributed by atoms with Crippen LogP contribution in [0.25, 0.3) is 0 Å². The third-order valence-electron chi connectivity index (χ3n) is 5.97. The summed E-state index contributed by atoms with van der Waals surface area (Å²) in [5.74, 6) is -3.39. The van der Waals surface area contributed by atoms with E-state index in [9.17, 15) is 22.0 Å². The fraction of sp³-hybridized carbons (Fsp3) is 0.700. The van der Waals surface area contributed by atoms with E-state index >= 15 is 4.39 Å². The SMILES string of the molecule is O=C(NC1CC1)C1=CC(C2CC2)=C(OCC2CCC(F)(F)CC2)C(=S(=O)=O)C1F. The number of hydrogen-bond donors (Lipinski definition) is 1. The lowest BCUT2D eigenvalue weighted by atomic mass is 9.87. The molecule has 1 N–H and O–H groups in total. The Bertz CT molecular complexity index is 883. The lowest BCUT2D eigenvalue weighted by molar-refractivity contribution is -0.118. The lowest BCUT2D eigenvalue weighted by Gasteiger charge is -2.30. The van der Waals surface area contributed by atoms with Gasteiger partial charge in [-0.1, -0.05) is 0 Å². The van der Waals surface area contributed by atoms with Crippen molar-refractivity contribution < 1.29 is 31.1 Å². The second-order valence-corrected chi connectivity index (χ2v) is 9.39. The van der Waals surface area contributed by atoms with E-state index in [1.807, 2.05) is 0 Å². The van der Waals surface area contributed by atoms with E-state index in [0.717, 1.165) is 25.7 Å². The molecule has 160 valence electrons. The van der Waals surface area contributed by atoms with Crippen molar-refractivity contribution in [3.63, 3.8) is 0 Å². The molecule has 9 heteroatoms. The number of carbonyl (C=O) groups is 1. The van der Waals surface area contributed by atoms with Crippen LogP contribution < -0.4 is 5.32 Å². The highest BCUT2D eigenvalue weighted by Gasteiger charge is 2.42. The summed E-state index contributed by atoms with van der Waals surface area (Å²) in [7, 11) is -2.91. The average molecular weight is 431 g/mol. The van der Waals surface area contributed by atoms with Crippen LogP contribution in [0.4, 0.5) is 13.2 Å². The molecule has 0 aliphatic heterocycles. The minimum Gasteiger partial charge on any atom is -0.492 e. The Labute approximate surface area is 168 Å². The number of rotatable bonds is 6. The van der Waals surface area contributed by atoms with Crippen LogP contribution in [0.1, 0.15) is 51.4 Å². The zero-order valence-electron chi connectivity index (χ0n) is 15.9. The molecule has 0 spiro atoms. The molecule has 0 heterocycles. The van der Waals surface area contributed by atoms with E-state index in [4.69, 9.17) is 4.74 Å². The highest BCUT2D eigenvalue weighted by Crippen LogP contribution is 2.43. The van der Waals surface area contributed by atoms with Crippen molar-refractivity contribution in [1.82, 2.24) is 5.32 Å². The van der Waals surface area contributed by atoms with E-state index in [1.165, 1.54) is 6.08 Å². The van der Waals surface area contributed by atoms with Crippen molar-refractivity contribution >= 4 is 21.1 Å². The standard InChI is InChI=1S/C20H24F3NO4S/c21-16-15(19(25)24-13-3-4-13)9-14(12-1-2-12)17(18(16)29(26)27)28-10-11-5-7-20(22,23)8-6-11/h9,11-13,16H,1-8,10H2,(H,24,25). The lowest BCUT2D eigenvalue weighted by Crippen LogP contribution is -2.37. The Hall–Kier alpha value is -1.77. The van der Waals surface area contributed by atoms with Crippen LogP contribution in [0.15, 0.2) is 23.0 Å². The Balaban J connectivity index is 1.58. The minimum atomic E-state index is -2.91. The summed E-state index contributed by atoms with van der Waals surface area (Å²) in [6.07, 6.45) is 2.72. The van der Waals surface area contributed by atoms with Crippen LogP contribution >= 0.6 is 0 Å². The fourth-order valence-corrected chi connectivity index (χ4v) is 4.49. The predicted octanol–water partition coefficient (Wildman–Crippen LogP) is 3.10. The first kappa shape index (κ1) is 20.5. The van der Waals surface area contributed by atoms with E-state index < -0.39 is 33.2 Å². The molecule has 0 bridgehead atoms. The number of hydrogen-bond acceptors (Lipinski definition) is 4. The molecular weight excluding hydrogens is 407 g/mol. The van der Waals surface area contributed by atoms with E-state index in [2.05, 4.69) is 5.32 Å². The van der Waals surface area contributed by atoms with Gasteiger partial charge in [-0.25, -0.2) is 13.2 Å². The molecule has 0 aromatic rings. The van der Waals surface area contributed by atoms with Gasteiger partial charge in [0.1, 0.15) is 5.76 Å². The molecule has 0 aromatic heterocycles. The Kier molecular flexibility index (Phi) is 5.52. The molecule has 0 aromatic carbocycles. The second kappa shape index (κ2) is 7.81. The number of carbonyl (C=O) groups excluding carboxylic acids is 1. The van der Waals surface area contributed by atoms with Crippen LogP contribution in [0.5, 0.6) is 0 Å². The molecule has 4 rings (SSSR count). The van der Waals surface area contributed by atoms with Crippen molar-refractivity contribution in [2.24, 2.45) is 11.8 Å². The van der Waals surface area contributed by atoms with Crippen molar-refractivity contribution in [1.29, 1.82) is 0 Å². The Morgan fingerprint density at radius 3 is 2.34 bits per heavy atom. The number of halogens is 3. The molecule has 3 fully saturated rings. The first-order chi connectivity index (χ1) is 13.7. The van der Waals surface area contributed by atoms with Crippen LogP contribution in [0, 0.1) is 11.8 Å². The largest absolute Gasteiger partial charge is 0.492 e. The topological polar surface area (TPSA) is 72.5 Å². The van der Waals surface area contributed by atoms with E-state index in [0.29, 0.717) is 5.57 Å². The summed E-state index contributed by atoms with van der Waals surface area (Å²) < 4.78 is 71.3. The number of amides is 1. The smallest absolute Gasteiger partial charge is 0.250 e. The maximum atomic E-state index is 15.1. The normalized spacial score (nSPS) is 27.5. The fourth-order valence-electron chi connectivity index (χ4n) is 3.86. The summed E-state index contributed by atoms with van der Waals surface area (Å²) in [4.78, 5) is 11.9. The molecule has 5 nitrogen and oxygen atoms in total. The summed E-state index contributed by atoms with van der Waals surface area (Å²) in [5.41, 5.74) is 0.322. The quantitative estimate of drug-likeness (QED) is 0.656. The van der Waals surface area contributed by atoms with Gasteiger partial charge in [-0.2, -0.15) is 8.42 Å². The zero-order chi connectivity index (χ0) is 20.8.